The molecule has 122 valence electrons. The highest BCUT2D eigenvalue weighted by Crippen LogP contribution is 2.25. The number of nitrogens with two attached hydrogens (primary N) is 1. The Bertz CT molecular complexity index is 355. The van der Waals surface area contributed by atoms with E-state index in [0.717, 1.165) is 51.9 Å². The van der Waals surface area contributed by atoms with E-state index in [4.69, 9.17) is 5.73 Å². The Morgan fingerprint density at radius 2 is 1.62 bits per heavy atom. The molecule has 1 amide bonds. The summed E-state index contributed by atoms with van der Waals surface area (Å²) in [7, 11) is 4.28. The van der Waals surface area contributed by atoms with Gasteiger partial charge in [-0.2, -0.15) is 0 Å². The van der Waals surface area contributed by atoms with Gasteiger partial charge in [0.15, 0.2) is 0 Å². The van der Waals surface area contributed by atoms with E-state index < -0.39 is 5.54 Å². The highest BCUT2D eigenvalue weighted by molar-refractivity contribution is 5.85. The van der Waals surface area contributed by atoms with Crippen LogP contribution in [0.5, 0.6) is 0 Å². The maximum atomic E-state index is 12.9. The van der Waals surface area contributed by atoms with Crippen LogP contribution in [0.1, 0.15) is 39.5 Å². The van der Waals surface area contributed by atoms with Crippen molar-refractivity contribution in [1.29, 1.82) is 0 Å². The monoisotopic (exact) mass is 296 g/mol. The topological polar surface area (TPSA) is 52.8 Å². The van der Waals surface area contributed by atoms with Crippen LogP contribution in [0.15, 0.2) is 0 Å². The zero-order valence-electron chi connectivity index (χ0n) is 14.1. The third kappa shape index (κ3) is 3.76. The van der Waals surface area contributed by atoms with Crippen LogP contribution in [0.4, 0.5) is 0 Å². The number of hydrogen-bond acceptors (Lipinski definition) is 4. The summed E-state index contributed by atoms with van der Waals surface area (Å²) in [6, 6.07) is 0.774. The Morgan fingerprint density at radius 1 is 1.10 bits per heavy atom. The van der Waals surface area contributed by atoms with Crippen LogP contribution in [-0.2, 0) is 4.79 Å². The second kappa shape index (κ2) is 6.63. The summed E-state index contributed by atoms with van der Waals surface area (Å²) in [5.74, 6) is 0.260. The minimum absolute atomic E-state index is 0.260. The summed E-state index contributed by atoms with van der Waals surface area (Å²) in [6.45, 7) is 8.01. The molecule has 0 aromatic heterocycles. The first-order valence-electron chi connectivity index (χ1n) is 8.29. The predicted molar refractivity (Wildman–Crippen MR) is 86.2 cm³/mol. The second-order valence-electron chi connectivity index (χ2n) is 7.33. The molecule has 2 heterocycles. The Labute approximate surface area is 129 Å². The Kier molecular flexibility index (Phi) is 5.28. The molecule has 0 spiro atoms. The fourth-order valence-corrected chi connectivity index (χ4v) is 3.48. The molecule has 0 aliphatic carbocycles. The number of rotatable bonds is 3. The van der Waals surface area contributed by atoms with Gasteiger partial charge in [-0.3, -0.25) is 9.69 Å². The number of piperidine rings is 2. The van der Waals surface area contributed by atoms with E-state index in [1.807, 2.05) is 4.90 Å². The third-order valence-corrected chi connectivity index (χ3v) is 5.47. The summed E-state index contributed by atoms with van der Waals surface area (Å²) < 4.78 is 0. The quantitative estimate of drug-likeness (QED) is 0.835. The molecule has 2 aliphatic heterocycles. The molecule has 2 aliphatic rings. The van der Waals surface area contributed by atoms with Gasteiger partial charge in [0.05, 0.1) is 5.54 Å². The lowest BCUT2D eigenvalue weighted by molar-refractivity contribution is -0.145. The van der Waals surface area contributed by atoms with Crippen molar-refractivity contribution in [1.82, 2.24) is 14.7 Å². The molecule has 2 fully saturated rings. The molecule has 21 heavy (non-hydrogen) atoms. The number of amides is 1. The van der Waals surface area contributed by atoms with Gasteiger partial charge < -0.3 is 15.5 Å². The molecular weight excluding hydrogens is 264 g/mol. The van der Waals surface area contributed by atoms with Crippen molar-refractivity contribution >= 4 is 5.91 Å². The molecule has 2 saturated heterocycles. The Morgan fingerprint density at radius 3 is 2.14 bits per heavy atom. The van der Waals surface area contributed by atoms with Gasteiger partial charge in [-0.1, -0.05) is 0 Å². The smallest absolute Gasteiger partial charge is 0.242 e. The van der Waals surface area contributed by atoms with E-state index in [-0.39, 0.29) is 11.9 Å². The molecule has 0 saturated carbocycles. The minimum atomic E-state index is -0.429. The van der Waals surface area contributed by atoms with Crippen molar-refractivity contribution in [3.63, 3.8) is 0 Å². The van der Waals surface area contributed by atoms with E-state index in [9.17, 15) is 4.79 Å². The Balaban J connectivity index is 1.97. The van der Waals surface area contributed by atoms with E-state index >= 15 is 0 Å². The molecule has 0 aromatic carbocycles. The standard InChI is InChI=1S/C16H32N4O/c1-16(2,15(21)20-11-5-13(17)6-12-20)19(4)14-7-9-18(3)10-8-14/h13-14H,5-12,17H2,1-4H3. The molecule has 0 unspecified atom stereocenters. The highest BCUT2D eigenvalue weighted by Gasteiger charge is 2.40. The number of carbonyl (C=O) groups excluding carboxylic acids is 1. The van der Waals surface area contributed by atoms with Crippen molar-refractivity contribution in [2.75, 3.05) is 40.3 Å². The SMILES string of the molecule is CN1CCC(N(C)C(C)(C)C(=O)N2CCC(N)CC2)CC1. The zero-order valence-corrected chi connectivity index (χ0v) is 14.1. The zero-order chi connectivity index (χ0) is 15.6. The lowest BCUT2D eigenvalue weighted by Gasteiger charge is -2.45. The van der Waals surface area contributed by atoms with Crippen LogP contribution < -0.4 is 5.73 Å². The lowest BCUT2D eigenvalue weighted by Crippen LogP contribution is -2.60. The first-order chi connectivity index (χ1) is 9.82. The van der Waals surface area contributed by atoms with Gasteiger partial charge in [-0.05, 0) is 66.7 Å². The van der Waals surface area contributed by atoms with Crippen LogP contribution in [-0.4, -0.2) is 78.5 Å². The molecule has 0 aromatic rings. The van der Waals surface area contributed by atoms with Gasteiger partial charge in [0.25, 0.3) is 0 Å². The van der Waals surface area contributed by atoms with E-state index in [2.05, 4.69) is 37.7 Å². The maximum Gasteiger partial charge on any atom is 0.242 e. The molecule has 0 radical (unpaired) electrons. The summed E-state index contributed by atoms with van der Waals surface area (Å²) >= 11 is 0. The highest BCUT2D eigenvalue weighted by atomic mass is 16.2. The lowest BCUT2D eigenvalue weighted by atomic mass is 9.93. The summed E-state index contributed by atoms with van der Waals surface area (Å²) in [5.41, 5.74) is 5.51. The van der Waals surface area contributed by atoms with E-state index in [1.165, 1.54) is 0 Å². The number of likely N-dealkylation sites (tertiary alicyclic amines) is 2. The molecule has 0 bridgehead atoms. The van der Waals surface area contributed by atoms with E-state index in [0.29, 0.717) is 6.04 Å². The Hall–Kier alpha value is -0.650. The van der Waals surface area contributed by atoms with Gasteiger partial charge >= 0.3 is 0 Å². The van der Waals surface area contributed by atoms with Gasteiger partial charge in [-0.25, -0.2) is 0 Å². The normalized spacial score (nSPS) is 23.8. The van der Waals surface area contributed by atoms with E-state index in [1.54, 1.807) is 0 Å². The van der Waals surface area contributed by atoms with Crippen LogP contribution in [0, 0.1) is 0 Å². The van der Waals surface area contributed by atoms with Gasteiger partial charge in [0.2, 0.25) is 5.91 Å². The summed E-state index contributed by atoms with van der Waals surface area (Å²) in [6.07, 6.45) is 4.16. The fourth-order valence-electron chi connectivity index (χ4n) is 3.48. The summed E-state index contributed by atoms with van der Waals surface area (Å²) in [4.78, 5) is 19.6. The van der Waals surface area contributed by atoms with Crippen LogP contribution in [0.3, 0.4) is 0 Å². The van der Waals surface area contributed by atoms with Gasteiger partial charge in [0, 0.05) is 25.2 Å². The van der Waals surface area contributed by atoms with Crippen molar-refractivity contribution in [3.05, 3.63) is 0 Å². The van der Waals surface area contributed by atoms with Crippen LogP contribution >= 0.6 is 0 Å². The maximum absolute atomic E-state index is 12.9. The van der Waals surface area contributed by atoms with Crippen LogP contribution in [0.25, 0.3) is 0 Å². The first kappa shape index (κ1) is 16.7. The number of hydrogen-bond donors (Lipinski definition) is 1. The largest absolute Gasteiger partial charge is 0.341 e. The number of nitrogens with zero attached hydrogens (tertiary/aromatic N) is 3. The molecule has 2 rings (SSSR count). The van der Waals surface area contributed by atoms with Gasteiger partial charge in [-0.15, -0.1) is 0 Å². The van der Waals surface area contributed by atoms with Crippen molar-refractivity contribution < 1.29 is 4.79 Å². The van der Waals surface area contributed by atoms with Gasteiger partial charge in [0.1, 0.15) is 0 Å². The molecule has 2 N–H and O–H groups in total. The average molecular weight is 296 g/mol. The van der Waals surface area contributed by atoms with Crippen molar-refractivity contribution in [2.45, 2.75) is 57.2 Å². The van der Waals surface area contributed by atoms with Crippen molar-refractivity contribution in [3.8, 4) is 0 Å². The first-order valence-corrected chi connectivity index (χ1v) is 8.29. The second-order valence-corrected chi connectivity index (χ2v) is 7.33. The number of carbonyl (C=O) groups is 1. The fraction of sp³-hybridized carbons (Fsp3) is 0.938. The molecule has 5 heteroatoms. The average Bonchev–Trinajstić information content (AvgIpc) is 2.47. The molecular formula is C16H32N4O. The number of likely N-dealkylation sites (N-methyl/N-ethyl adjacent to an activating group) is 1. The predicted octanol–water partition coefficient (Wildman–Crippen LogP) is 0.741. The molecule has 0 atom stereocenters. The van der Waals surface area contributed by atoms with Crippen molar-refractivity contribution in [2.24, 2.45) is 5.73 Å². The minimum Gasteiger partial charge on any atom is -0.341 e. The van der Waals surface area contributed by atoms with Crippen LogP contribution in [0.2, 0.25) is 0 Å². The third-order valence-electron chi connectivity index (χ3n) is 5.47. The summed E-state index contributed by atoms with van der Waals surface area (Å²) in [5, 5.41) is 0. The molecule has 5 nitrogen and oxygen atoms in total.